The number of nitrogens with zero attached hydrogens (tertiary/aromatic N) is 2. The molecular weight excluding hydrogens is 426 g/mol. The first kappa shape index (κ1) is 21.7. The third-order valence-corrected chi connectivity index (χ3v) is 6.10. The Balaban J connectivity index is 1.38. The molecule has 5 rings (SSSR count). The zero-order valence-corrected chi connectivity index (χ0v) is 18.6. The molecule has 0 aliphatic carbocycles. The first-order valence-corrected chi connectivity index (χ1v) is 11.0. The second-order valence-corrected chi connectivity index (χ2v) is 8.89. The minimum Gasteiger partial charge on any atom is -0.491 e. The van der Waals surface area contributed by atoms with Gasteiger partial charge in [-0.15, -0.1) is 0 Å². The maximum atomic E-state index is 13.1. The van der Waals surface area contributed by atoms with Gasteiger partial charge in [-0.3, -0.25) is 9.63 Å². The second-order valence-electron chi connectivity index (χ2n) is 8.89. The maximum Gasteiger partial charge on any atom is 0.345 e. The summed E-state index contributed by atoms with van der Waals surface area (Å²) in [6.07, 6.45) is -0.177. The number of carbonyl (C=O) groups excluding carboxylic acids is 2. The lowest BCUT2D eigenvalue weighted by molar-refractivity contribution is -0.141. The van der Waals surface area contributed by atoms with E-state index < -0.39 is 17.7 Å². The van der Waals surface area contributed by atoms with Crippen LogP contribution in [0.2, 0.25) is 0 Å². The molecule has 0 spiro atoms. The van der Waals surface area contributed by atoms with E-state index in [9.17, 15) is 9.59 Å². The predicted octanol–water partition coefficient (Wildman–Crippen LogP) is 2.67. The van der Waals surface area contributed by atoms with E-state index in [4.69, 9.17) is 24.8 Å². The molecule has 3 unspecified atom stereocenters. The molecule has 2 saturated heterocycles. The van der Waals surface area contributed by atoms with Crippen molar-refractivity contribution in [1.82, 2.24) is 9.96 Å². The maximum absolute atomic E-state index is 13.1. The molecule has 0 aromatic heterocycles. The van der Waals surface area contributed by atoms with Crippen LogP contribution in [-0.2, 0) is 25.7 Å². The number of primary amides is 1. The van der Waals surface area contributed by atoms with Crippen molar-refractivity contribution in [2.75, 3.05) is 19.8 Å². The highest BCUT2D eigenvalue weighted by molar-refractivity contribution is 5.90. The van der Waals surface area contributed by atoms with Gasteiger partial charge in [-0.2, -0.15) is 5.06 Å². The molecule has 2 N–H and O–H groups in total. The van der Waals surface area contributed by atoms with E-state index in [2.05, 4.69) is 0 Å². The molecule has 3 heterocycles. The zero-order chi connectivity index (χ0) is 23.2. The van der Waals surface area contributed by atoms with Crippen molar-refractivity contribution >= 4 is 11.9 Å². The number of fused-ring (bicyclic) bond motifs is 4. The van der Waals surface area contributed by atoms with Crippen LogP contribution in [0.15, 0.2) is 48.5 Å². The van der Waals surface area contributed by atoms with Crippen LogP contribution in [0.5, 0.6) is 5.75 Å². The Bertz CT molecular complexity index is 1060. The number of carbonyl (C=O) groups is 2. The van der Waals surface area contributed by atoms with Gasteiger partial charge in [0.25, 0.3) is 0 Å². The second kappa shape index (κ2) is 8.33. The summed E-state index contributed by atoms with van der Waals surface area (Å²) in [6.45, 7) is 5.05. The van der Waals surface area contributed by atoms with E-state index in [1.807, 2.05) is 50.2 Å². The van der Waals surface area contributed by atoms with E-state index >= 15 is 0 Å². The Morgan fingerprint density at radius 2 is 1.97 bits per heavy atom. The van der Waals surface area contributed by atoms with Gasteiger partial charge in [0.15, 0.2) is 5.79 Å². The third-order valence-electron chi connectivity index (χ3n) is 6.10. The Morgan fingerprint density at radius 1 is 1.18 bits per heavy atom. The molecule has 33 heavy (non-hydrogen) atoms. The van der Waals surface area contributed by atoms with Crippen molar-refractivity contribution in [3.63, 3.8) is 0 Å². The molecule has 3 aliphatic rings. The molecule has 2 aromatic carbocycles. The van der Waals surface area contributed by atoms with Crippen LogP contribution in [0, 0.1) is 0 Å². The topological polar surface area (TPSA) is 104 Å². The molecule has 9 nitrogen and oxygen atoms in total. The summed E-state index contributed by atoms with van der Waals surface area (Å²) in [4.78, 5) is 32.8. The number of hydroxylamine groups is 2. The summed E-state index contributed by atoms with van der Waals surface area (Å²) >= 11 is 0. The number of urea groups is 1. The fraction of sp³-hybridized carbons (Fsp3) is 0.417. The summed E-state index contributed by atoms with van der Waals surface area (Å²) in [5, 5.41) is 1.34. The van der Waals surface area contributed by atoms with Crippen LogP contribution in [0.1, 0.15) is 42.6 Å². The number of hydrogen-bond acceptors (Lipinski definition) is 6. The normalized spacial score (nSPS) is 25.3. The lowest BCUT2D eigenvalue weighted by Gasteiger charge is -2.31. The lowest BCUT2D eigenvalue weighted by atomic mass is 9.90. The quantitative estimate of drug-likeness (QED) is 0.691. The first-order valence-electron chi connectivity index (χ1n) is 11.0. The summed E-state index contributed by atoms with van der Waals surface area (Å²) in [5.74, 6) is -0.593. The fourth-order valence-electron chi connectivity index (χ4n) is 4.59. The van der Waals surface area contributed by atoms with Crippen molar-refractivity contribution in [1.29, 1.82) is 0 Å². The van der Waals surface area contributed by atoms with Crippen molar-refractivity contribution < 1.29 is 28.6 Å². The Kier molecular flexibility index (Phi) is 5.48. The van der Waals surface area contributed by atoms with Crippen LogP contribution in [0.25, 0.3) is 0 Å². The molecular formula is C24H27N3O6. The lowest BCUT2D eigenvalue weighted by Crippen LogP contribution is -2.41. The summed E-state index contributed by atoms with van der Waals surface area (Å²) in [6, 6.07) is 13.4. The van der Waals surface area contributed by atoms with Gasteiger partial charge in [-0.1, -0.05) is 36.4 Å². The van der Waals surface area contributed by atoms with Crippen LogP contribution in [0.4, 0.5) is 4.79 Å². The SMILES string of the molecule is CC1(C)OCC(COc2ccc3c(c2)C2CN(C(=O)N2OCc2ccccc2)C3C(N)=O)O1. The number of amides is 3. The highest BCUT2D eigenvalue weighted by Gasteiger charge is 2.50. The molecule has 3 amide bonds. The van der Waals surface area contributed by atoms with E-state index in [-0.39, 0.29) is 24.8 Å². The standard InChI is InChI=1S/C24H27N3O6/c1-24(2)31-14-17(33-24)13-30-16-8-9-18-19(10-16)20-11-26(21(18)22(25)28)23(29)27(20)32-12-15-6-4-3-5-7-15/h3-10,17,20-21H,11-14H2,1-2H3,(H2,25,28). The smallest absolute Gasteiger partial charge is 0.345 e. The van der Waals surface area contributed by atoms with Crippen molar-refractivity contribution in [3.05, 3.63) is 65.2 Å². The minimum absolute atomic E-state index is 0.177. The number of ether oxygens (including phenoxy) is 3. The average molecular weight is 453 g/mol. The molecule has 9 heteroatoms. The Labute approximate surface area is 191 Å². The molecule has 2 fully saturated rings. The van der Waals surface area contributed by atoms with Crippen molar-refractivity contribution in [2.24, 2.45) is 5.73 Å². The summed E-state index contributed by atoms with van der Waals surface area (Å²) in [5.41, 5.74) is 8.10. The van der Waals surface area contributed by atoms with Gasteiger partial charge in [0.2, 0.25) is 5.91 Å². The first-order chi connectivity index (χ1) is 15.8. The molecule has 174 valence electrons. The number of hydrogen-bond donors (Lipinski definition) is 1. The van der Waals surface area contributed by atoms with Crippen LogP contribution in [-0.4, -0.2) is 53.6 Å². The molecule has 2 aromatic rings. The molecule has 0 radical (unpaired) electrons. The number of nitrogens with two attached hydrogens (primary N) is 1. The van der Waals surface area contributed by atoms with Crippen LogP contribution in [0.3, 0.4) is 0 Å². The molecule has 3 aliphatic heterocycles. The van der Waals surface area contributed by atoms with Gasteiger partial charge < -0.3 is 24.8 Å². The number of rotatable bonds is 7. The molecule has 3 atom stereocenters. The minimum atomic E-state index is -0.851. The van der Waals surface area contributed by atoms with Gasteiger partial charge in [-0.25, -0.2) is 4.79 Å². The Hall–Kier alpha value is -3.14. The van der Waals surface area contributed by atoms with Gasteiger partial charge in [0.05, 0.1) is 13.2 Å². The van der Waals surface area contributed by atoms with Crippen molar-refractivity contribution in [3.8, 4) is 5.75 Å². The Morgan fingerprint density at radius 3 is 2.67 bits per heavy atom. The van der Waals surface area contributed by atoms with Gasteiger partial charge in [-0.05, 0) is 42.7 Å². The monoisotopic (exact) mass is 453 g/mol. The van der Waals surface area contributed by atoms with E-state index in [0.717, 1.165) is 11.1 Å². The predicted molar refractivity (Wildman–Crippen MR) is 117 cm³/mol. The zero-order valence-electron chi connectivity index (χ0n) is 18.6. The largest absolute Gasteiger partial charge is 0.491 e. The highest BCUT2D eigenvalue weighted by Crippen LogP contribution is 2.45. The highest BCUT2D eigenvalue weighted by atomic mass is 16.7. The van der Waals surface area contributed by atoms with Gasteiger partial charge >= 0.3 is 6.03 Å². The average Bonchev–Trinajstić information content (AvgIpc) is 3.28. The number of benzene rings is 2. The molecule has 0 saturated carbocycles. The summed E-state index contributed by atoms with van der Waals surface area (Å²) in [7, 11) is 0. The van der Waals surface area contributed by atoms with E-state index in [0.29, 0.717) is 31.1 Å². The van der Waals surface area contributed by atoms with Gasteiger partial charge in [0, 0.05) is 0 Å². The summed E-state index contributed by atoms with van der Waals surface area (Å²) < 4.78 is 17.3. The van der Waals surface area contributed by atoms with E-state index in [1.54, 1.807) is 12.1 Å². The molecule has 2 bridgehead atoms. The van der Waals surface area contributed by atoms with Crippen molar-refractivity contribution in [2.45, 2.75) is 44.4 Å². The van der Waals surface area contributed by atoms with Gasteiger partial charge in [0.1, 0.15) is 37.2 Å². The fourth-order valence-corrected chi connectivity index (χ4v) is 4.59. The van der Waals surface area contributed by atoms with E-state index in [1.165, 1.54) is 9.96 Å². The van der Waals surface area contributed by atoms with Crippen LogP contribution >= 0.6 is 0 Å². The van der Waals surface area contributed by atoms with Crippen LogP contribution < -0.4 is 10.5 Å². The third kappa shape index (κ3) is 4.15.